The van der Waals surface area contributed by atoms with E-state index >= 15 is 0 Å². The minimum Gasteiger partial charge on any atom is -0.469 e. The van der Waals surface area contributed by atoms with Gasteiger partial charge in [0.2, 0.25) is 0 Å². The molecular weight excluding hydrogens is 326 g/mol. The number of allylic oxidation sites excluding steroid dienone is 1. The van der Waals surface area contributed by atoms with E-state index in [4.69, 9.17) is 4.74 Å². The minimum atomic E-state index is -1.09. The molecule has 1 aromatic heterocycles. The number of unbranched alkanes of at least 4 members (excludes halogenated alkanes) is 1. The lowest BCUT2D eigenvalue weighted by atomic mass is 9.86. The van der Waals surface area contributed by atoms with E-state index in [1.165, 1.54) is 7.11 Å². The molecule has 0 saturated heterocycles. The van der Waals surface area contributed by atoms with Crippen molar-refractivity contribution in [3.8, 4) is 0 Å². The molecule has 0 saturated carbocycles. The smallest absolute Gasteiger partial charge is 0.311 e. The Balaban J connectivity index is 2.12. The summed E-state index contributed by atoms with van der Waals surface area (Å²) in [5, 5.41) is 10.2. The Kier molecular flexibility index (Phi) is 7.10. The third-order valence-electron chi connectivity index (χ3n) is 4.44. The Hall–Kier alpha value is -2.46. The zero-order valence-corrected chi connectivity index (χ0v) is 15.7. The molecule has 0 radical (unpaired) electrons. The summed E-state index contributed by atoms with van der Waals surface area (Å²) in [6.07, 6.45) is 7.93. The standard InChI is InChI=1S/C22H27NO3/c1-22(2,25)20(21(24)26-3)14-8-7-13-19(17-10-5-4-6-11-17)18-12-9-15-23-16-18/h4-6,9-13,15-16,20,25H,7-8,14H2,1-3H3. The Bertz CT molecular complexity index is 677. The van der Waals surface area contributed by atoms with Crippen LogP contribution in [-0.2, 0) is 9.53 Å². The molecule has 26 heavy (non-hydrogen) atoms. The Morgan fingerprint density at radius 3 is 2.46 bits per heavy atom. The molecule has 1 unspecified atom stereocenters. The van der Waals surface area contributed by atoms with Crippen LogP contribution in [0.4, 0.5) is 0 Å². The monoisotopic (exact) mass is 353 g/mol. The number of pyridine rings is 1. The van der Waals surface area contributed by atoms with Gasteiger partial charge in [0.15, 0.2) is 0 Å². The van der Waals surface area contributed by atoms with Gasteiger partial charge in [0.1, 0.15) is 0 Å². The molecule has 2 aromatic rings. The summed E-state index contributed by atoms with van der Waals surface area (Å²) in [6.45, 7) is 3.30. The van der Waals surface area contributed by atoms with Crippen LogP contribution in [-0.4, -0.2) is 28.8 Å². The van der Waals surface area contributed by atoms with Gasteiger partial charge in [-0.2, -0.15) is 0 Å². The number of hydrogen-bond acceptors (Lipinski definition) is 4. The molecule has 2 rings (SSSR count). The van der Waals surface area contributed by atoms with Gasteiger partial charge in [-0.25, -0.2) is 0 Å². The fourth-order valence-electron chi connectivity index (χ4n) is 3.01. The number of hydrogen-bond donors (Lipinski definition) is 1. The maximum Gasteiger partial charge on any atom is 0.311 e. The third-order valence-corrected chi connectivity index (χ3v) is 4.44. The van der Waals surface area contributed by atoms with Gasteiger partial charge in [0.25, 0.3) is 0 Å². The average molecular weight is 353 g/mol. The van der Waals surface area contributed by atoms with E-state index in [0.29, 0.717) is 6.42 Å². The largest absolute Gasteiger partial charge is 0.469 e. The highest BCUT2D eigenvalue weighted by Crippen LogP contribution is 2.26. The molecule has 0 aliphatic carbocycles. The number of esters is 1. The van der Waals surface area contributed by atoms with Crippen molar-refractivity contribution in [2.24, 2.45) is 5.92 Å². The van der Waals surface area contributed by atoms with E-state index < -0.39 is 11.5 Å². The van der Waals surface area contributed by atoms with Crippen LogP contribution in [0.2, 0.25) is 0 Å². The van der Waals surface area contributed by atoms with Gasteiger partial charge in [-0.3, -0.25) is 9.78 Å². The number of carbonyl (C=O) groups is 1. The molecule has 0 aliphatic rings. The lowest BCUT2D eigenvalue weighted by Crippen LogP contribution is -2.37. The lowest BCUT2D eigenvalue weighted by molar-refractivity contribution is -0.154. The highest BCUT2D eigenvalue weighted by atomic mass is 16.5. The fraction of sp³-hybridized carbons (Fsp3) is 0.364. The summed E-state index contributed by atoms with van der Waals surface area (Å²) in [7, 11) is 1.36. The molecule has 0 spiro atoms. The van der Waals surface area contributed by atoms with E-state index in [9.17, 15) is 9.90 Å². The molecule has 1 heterocycles. The second-order valence-electron chi connectivity index (χ2n) is 6.89. The highest BCUT2D eigenvalue weighted by Gasteiger charge is 2.33. The summed E-state index contributed by atoms with van der Waals surface area (Å²) in [4.78, 5) is 16.1. The number of nitrogens with zero attached hydrogens (tertiary/aromatic N) is 1. The quantitative estimate of drug-likeness (QED) is 0.569. The SMILES string of the molecule is COC(=O)C(CCCC=C(c1ccccc1)c1cccnc1)C(C)(C)O. The van der Waals surface area contributed by atoms with Crippen LogP contribution in [0.15, 0.2) is 60.9 Å². The van der Waals surface area contributed by atoms with Gasteiger partial charge in [0.05, 0.1) is 18.6 Å². The Labute approximate surface area is 155 Å². The molecule has 1 aromatic carbocycles. The summed E-state index contributed by atoms with van der Waals surface area (Å²) in [5.41, 5.74) is 2.22. The summed E-state index contributed by atoms with van der Waals surface area (Å²) < 4.78 is 4.83. The predicted octanol–water partition coefficient (Wildman–Crippen LogP) is 4.24. The molecule has 0 amide bonds. The number of benzene rings is 1. The van der Waals surface area contributed by atoms with Crippen LogP contribution in [0.25, 0.3) is 5.57 Å². The second kappa shape index (κ2) is 9.30. The molecule has 4 heteroatoms. The van der Waals surface area contributed by atoms with E-state index in [1.54, 1.807) is 20.0 Å². The average Bonchev–Trinajstić information content (AvgIpc) is 2.64. The molecule has 4 nitrogen and oxygen atoms in total. The van der Waals surface area contributed by atoms with Crippen LogP contribution in [0.3, 0.4) is 0 Å². The summed E-state index contributed by atoms with van der Waals surface area (Å²) in [5.74, 6) is -0.892. The van der Waals surface area contributed by atoms with Gasteiger partial charge in [-0.15, -0.1) is 0 Å². The number of aromatic nitrogens is 1. The molecule has 0 aliphatic heterocycles. The first kappa shape index (κ1) is 19.9. The Morgan fingerprint density at radius 1 is 1.19 bits per heavy atom. The van der Waals surface area contributed by atoms with Crippen molar-refractivity contribution in [2.75, 3.05) is 7.11 Å². The predicted molar refractivity (Wildman–Crippen MR) is 103 cm³/mol. The van der Waals surface area contributed by atoms with Crippen molar-refractivity contribution in [1.29, 1.82) is 0 Å². The molecule has 0 bridgehead atoms. The second-order valence-corrected chi connectivity index (χ2v) is 6.89. The van der Waals surface area contributed by atoms with Crippen molar-refractivity contribution in [3.63, 3.8) is 0 Å². The zero-order chi connectivity index (χ0) is 19.0. The van der Waals surface area contributed by atoms with Crippen LogP contribution in [0.5, 0.6) is 0 Å². The number of carbonyl (C=O) groups excluding carboxylic acids is 1. The molecule has 138 valence electrons. The maximum absolute atomic E-state index is 11.9. The van der Waals surface area contributed by atoms with Gasteiger partial charge in [-0.05, 0) is 50.3 Å². The van der Waals surface area contributed by atoms with Gasteiger partial charge in [-0.1, -0.05) is 42.5 Å². The topological polar surface area (TPSA) is 59.4 Å². The maximum atomic E-state index is 11.9. The first-order valence-electron chi connectivity index (χ1n) is 8.89. The molecular formula is C22H27NO3. The van der Waals surface area contributed by atoms with Crippen molar-refractivity contribution in [1.82, 2.24) is 4.98 Å². The number of methoxy groups -OCH3 is 1. The van der Waals surface area contributed by atoms with Crippen LogP contribution >= 0.6 is 0 Å². The zero-order valence-electron chi connectivity index (χ0n) is 15.7. The van der Waals surface area contributed by atoms with Crippen molar-refractivity contribution >= 4 is 11.5 Å². The van der Waals surface area contributed by atoms with Crippen molar-refractivity contribution < 1.29 is 14.6 Å². The lowest BCUT2D eigenvalue weighted by Gasteiger charge is -2.26. The highest BCUT2D eigenvalue weighted by molar-refractivity contribution is 5.79. The van der Waals surface area contributed by atoms with Gasteiger partial charge >= 0.3 is 5.97 Å². The molecule has 0 fully saturated rings. The fourth-order valence-corrected chi connectivity index (χ4v) is 3.01. The van der Waals surface area contributed by atoms with E-state index in [0.717, 1.165) is 29.5 Å². The third kappa shape index (κ3) is 5.53. The number of ether oxygens (including phenoxy) is 1. The molecule has 1 atom stereocenters. The molecule has 1 N–H and O–H groups in total. The summed E-state index contributed by atoms with van der Waals surface area (Å²) in [6, 6.07) is 14.1. The first-order chi connectivity index (χ1) is 12.4. The normalized spacial score (nSPS) is 13.3. The van der Waals surface area contributed by atoms with E-state index in [1.807, 2.05) is 36.5 Å². The Morgan fingerprint density at radius 2 is 1.88 bits per heavy atom. The van der Waals surface area contributed by atoms with Gasteiger partial charge in [0, 0.05) is 18.0 Å². The van der Waals surface area contributed by atoms with Crippen LogP contribution in [0.1, 0.15) is 44.2 Å². The summed E-state index contributed by atoms with van der Waals surface area (Å²) >= 11 is 0. The minimum absolute atomic E-state index is 0.364. The number of aliphatic hydroxyl groups is 1. The van der Waals surface area contributed by atoms with E-state index in [2.05, 4.69) is 23.2 Å². The van der Waals surface area contributed by atoms with E-state index in [-0.39, 0.29) is 5.97 Å². The van der Waals surface area contributed by atoms with Crippen LogP contribution in [0, 0.1) is 5.92 Å². The van der Waals surface area contributed by atoms with Crippen molar-refractivity contribution in [3.05, 3.63) is 72.1 Å². The van der Waals surface area contributed by atoms with Gasteiger partial charge < -0.3 is 9.84 Å². The number of rotatable bonds is 8. The van der Waals surface area contributed by atoms with Crippen molar-refractivity contribution in [2.45, 2.75) is 38.7 Å². The van der Waals surface area contributed by atoms with Crippen LogP contribution < -0.4 is 0 Å². The first-order valence-corrected chi connectivity index (χ1v) is 8.89.